The molecule has 0 aliphatic rings. The molecule has 1 N–H and O–H groups in total. The number of nitrogens with zero attached hydrogens (tertiary/aromatic N) is 1. The molecule has 1 aromatic heterocycles. The zero-order chi connectivity index (χ0) is 9.42. The van der Waals surface area contributed by atoms with Gasteiger partial charge in [0.15, 0.2) is 0 Å². The zero-order valence-corrected chi connectivity index (χ0v) is 9.62. The second-order valence-electron chi connectivity index (χ2n) is 3.12. The molecule has 0 aliphatic heterocycles. The van der Waals surface area contributed by atoms with E-state index in [1.807, 2.05) is 29.8 Å². The molecule has 0 saturated carbocycles. The van der Waals surface area contributed by atoms with E-state index in [4.69, 9.17) is 12.2 Å². The minimum atomic E-state index is 0. The molecular formula is C10H11ClN2S. The van der Waals surface area contributed by atoms with Gasteiger partial charge in [0.2, 0.25) is 0 Å². The van der Waals surface area contributed by atoms with Crippen molar-refractivity contribution in [2.45, 2.75) is 6.92 Å². The Morgan fingerprint density at radius 3 is 2.64 bits per heavy atom. The van der Waals surface area contributed by atoms with E-state index < -0.39 is 0 Å². The van der Waals surface area contributed by atoms with Crippen LogP contribution in [-0.4, -0.2) is 4.98 Å². The lowest BCUT2D eigenvalue weighted by molar-refractivity contribution is -0.685. The summed E-state index contributed by atoms with van der Waals surface area (Å²) >= 11 is 5.18. The molecule has 14 heavy (non-hydrogen) atoms. The number of hydrogen-bond donors (Lipinski definition) is 1. The Bertz CT molecular complexity index is 519. The van der Waals surface area contributed by atoms with Crippen molar-refractivity contribution in [3.05, 3.63) is 34.7 Å². The van der Waals surface area contributed by atoms with E-state index in [-0.39, 0.29) is 12.4 Å². The van der Waals surface area contributed by atoms with Crippen LogP contribution in [0.3, 0.4) is 0 Å². The number of rotatable bonds is 0. The van der Waals surface area contributed by atoms with Crippen LogP contribution in [0.2, 0.25) is 0 Å². The van der Waals surface area contributed by atoms with Crippen LogP contribution in [0.1, 0.15) is 5.69 Å². The first kappa shape index (κ1) is 11.1. The lowest BCUT2D eigenvalue weighted by Gasteiger charge is -2.00. The van der Waals surface area contributed by atoms with Gasteiger partial charge in [-0.25, -0.2) is 9.55 Å². The van der Waals surface area contributed by atoms with E-state index in [9.17, 15) is 0 Å². The largest absolute Gasteiger partial charge is 1.00 e. The van der Waals surface area contributed by atoms with Gasteiger partial charge >= 0.3 is 4.77 Å². The minimum absolute atomic E-state index is 0. The number of fused-ring (bicyclic) bond motifs is 1. The third-order valence-electron chi connectivity index (χ3n) is 2.37. The summed E-state index contributed by atoms with van der Waals surface area (Å²) in [5.74, 6) is 0. The summed E-state index contributed by atoms with van der Waals surface area (Å²) in [4.78, 5) is 3.18. The minimum Gasteiger partial charge on any atom is -1.00 e. The molecule has 74 valence electrons. The molecule has 0 amide bonds. The van der Waals surface area contributed by atoms with E-state index >= 15 is 0 Å². The van der Waals surface area contributed by atoms with Gasteiger partial charge in [0.25, 0.3) is 0 Å². The van der Waals surface area contributed by atoms with Gasteiger partial charge in [-0.15, -0.1) is 0 Å². The number of para-hydroxylation sites is 1. The summed E-state index contributed by atoms with van der Waals surface area (Å²) in [7, 11) is 1.97. The maximum absolute atomic E-state index is 5.18. The summed E-state index contributed by atoms with van der Waals surface area (Å²) < 4.78 is 2.74. The second kappa shape index (κ2) is 4.07. The number of halogens is 1. The topological polar surface area (TPSA) is 19.7 Å². The number of hydrogen-bond acceptors (Lipinski definition) is 1. The van der Waals surface area contributed by atoms with Gasteiger partial charge < -0.3 is 12.4 Å². The van der Waals surface area contributed by atoms with E-state index in [2.05, 4.69) is 18.0 Å². The van der Waals surface area contributed by atoms with Crippen LogP contribution in [-0.2, 0) is 7.05 Å². The molecule has 0 saturated heterocycles. The highest BCUT2D eigenvalue weighted by Crippen LogP contribution is 2.11. The van der Waals surface area contributed by atoms with Crippen LogP contribution in [0.15, 0.2) is 24.3 Å². The Morgan fingerprint density at radius 2 is 1.93 bits per heavy atom. The molecule has 0 fully saturated rings. The average Bonchev–Trinajstić information content (AvgIpc) is 2.15. The predicted octanol–water partition coefficient (Wildman–Crippen LogP) is -0.966. The van der Waals surface area contributed by atoms with Gasteiger partial charge in [0, 0.05) is 12.2 Å². The van der Waals surface area contributed by atoms with Crippen LogP contribution in [0.4, 0.5) is 0 Å². The lowest BCUT2D eigenvalue weighted by atomic mass is 10.2. The number of aromatic amines is 1. The van der Waals surface area contributed by atoms with Crippen molar-refractivity contribution in [1.29, 1.82) is 0 Å². The fraction of sp³-hybridized carbons (Fsp3) is 0.200. The van der Waals surface area contributed by atoms with Crippen molar-refractivity contribution in [3.63, 3.8) is 0 Å². The standard InChI is InChI=1S/C10H10N2S.ClH/c1-7-8-5-3-4-6-9(8)11-10(13)12(7)2;/h3-6H,1-2H3;1H. The van der Waals surface area contributed by atoms with Gasteiger partial charge in [0.1, 0.15) is 11.2 Å². The molecule has 0 bridgehead atoms. The molecule has 1 heterocycles. The molecular weight excluding hydrogens is 216 g/mol. The normalized spacial score (nSPS) is 9.86. The number of aryl methyl sites for hydroxylation is 1. The highest BCUT2D eigenvalue weighted by atomic mass is 35.5. The molecule has 0 aliphatic carbocycles. The predicted molar refractivity (Wildman–Crippen MR) is 55.0 cm³/mol. The van der Waals surface area contributed by atoms with Gasteiger partial charge in [-0.1, -0.05) is 12.1 Å². The summed E-state index contributed by atoms with van der Waals surface area (Å²) in [5, 5.41) is 1.22. The maximum Gasteiger partial charge on any atom is 0.349 e. The van der Waals surface area contributed by atoms with Crippen molar-refractivity contribution in [2.75, 3.05) is 0 Å². The summed E-state index contributed by atoms with van der Waals surface area (Å²) in [6.45, 7) is 2.08. The first-order valence-electron chi connectivity index (χ1n) is 4.18. The van der Waals surface area contributed by atoms with Crippen molar-refractivity contribution in [2.24, 2.45) is 7.05 Å². The summed E-state index contributed by atoms with van der Waals surface area (Å²) in [6, 6.07) is 8.17. The van der Waals surface area contributed by atoms with Gasteiger partial charge in [0.05, 0.1) is 12.4 Å². The fourth-order valence-electron chi connectivity index (χ4n) is 1.44. The average molecular weight is 227 g/mol. The van der Waals surface area contributed by atoms with Crippen molar-refractivity contribution >= 4 is 23.1 Å². The van der Waals surface area contributed by atoms with Crippen molar-refractivity contribution in [1.82, 2.24) is 4.98 Å². The number of H-pyrrole nitrogens is 1. The van der Waals surface area contributed by atoms with Crippen LogP contribution < -0.4 is 17.0 Å². The Balaban J connectivity index is 0.000000980. The number of aromatic nitrogens is 2. The van der Waals surface area contributed by atoms with E-state index in [0.717, 1.165) is 10.3 Å². The van der Waals surface area contributed by atoms with Crippen molar-refractivity contribution < 1.29 is 17.0 Å². The molecule has 0 spiro atoms. The Hall–Kier alpha value is -0.930. The van der Waals surface area contributed by atoms with Gasteiger partial charge in [-0.05, 0) is 19.1 Å². The van der Waals surface area contributed by atoms with E-state index in [1.54, 1.807) is 0 Å². The first-order valence-corrected chi connectivity index (χ1v) is 4.58. The molecule has 0 atom stereocenters. The lowest BCUT2D eigenvalue weighted by Crippen LogP contribution is -3.00. The fourth-order valence-corrected chi connectivity index (χ4v) is 1.69. The van der Waals surface area contributed by atoms with Gasteiger partial charge in [-0.3, -0.25) is 0 Å². The molecule has 2 aromatic rings. The SMILES string of the molecule is Cc1c2ccccc2[nH]c(=S)[n+]1C.[Cl-]. The van der Waals surface area contributed by atoms with Crippen LogP contribution >= 0.6 is 12.2 Å². The maximum atomic E-state index is 5.18. The molecule has 2 nitrogen and oxygen atoms in total. The third-order valence-corrected chi connectivity index (χ3v) is 2.74. The van der Waals surface area contributed by atoms with Crippen LogP contribution in [0.5, 0.6) is 0 Å². The Labute approximate surface area is 94.0 Å². The van der Waals surface area contributed by atoms with E-state index in [0.29, 0.717) is 0 Å². The quantitative estimate of drug-likeness (QED) is 0.453. The number of nitrogens with one attached hydrogen (secondary N) is 1. The number of benzene rings is 1. The monoisotopic (exact) mass is 226 g/mol. The molecule has 0 radical (unpaired) electrons. The molecule has 4 heteroatoms. The third kappa shape index (κ3) is 1.65. The van der Waals surface area contributed by atoms with Gasteiger partial charge in [-0.2, -0.15) is 0 Å². The van der Waals surface area contributed by atoms with Crippen molar-refractivity contribution in [3.8, 4) is 0 Å². The Kier molecular flexibility index (Phi) is 3.24. The second-order valence-corrected chi connectivity index (χ2v) is 3.51. The first-order chi connectivity index (χ1) is 6.20. The Morgan fingerprint density at radius 1 is 1.29 bits per heavy atom. The summed E-state index contributed by atoms with van der Waals surface area (Å²) in [5.41, 5.74) is 2.29. The zero-order valence-electron chi connectivity index (χ0n) is 8.04. The molecule has 2 rings (SSSR count). The smallest absolute Gasteiger partial charge is 0.349 e. The van der Waals surface area contributed by atoms with Crippen LogP contribution in [0, 0.1) is 11.7 Å². The highest BCUT2D eigenvalue weighted by molar-refractivity contribution is 7.71. The van der Waals surface area contributed by atoms with E-state index in [1.165, 1.54) is 11.1 Å². The summed E-state index contributed by atoms with van der Waals surface area (Å²) in [6.07, 6.45) is 0. The molecule has 1 aromatic carbocycles. The van der Waals surface area contributed by atoms with Crippen LogP contribution in [0.25, 0.3) is 10.9 Å². The molecule has 0 unspecified atom stereocenters. The highest BCUT2D eigenvalue weighted by Gasteiger charge is 2.06.